The third kappa shape index (κ3) is 4.59. The van der Waals surface area contributed by atoms with E-state index in [1.165, 1.54) is 13.8 Å². The third-order valence-electron chi connectivity index (χ3n) is 1.65. The first kappa shape index (κ1) is 12.1. The van der Waals surface area contributed by atoms with E-state index in [0.29, 0.717) is 6.29 Å². The van der Waals surface area contributed by atoms with E-state index in [9.17, 15) is 14.7 Å². The molecule has 0 rings (SSSR count). The second-order valence-corrected chi connectivity index (χ2v) is 2.94. The van der Waals surface area contributed by atoms with Crippen LogP contribution in [0, 0.1) is 0 Å². The van der Waals surface area contributed by atoms with Gasteiger partial charge in [0.2, 0.25) is 5.91 Å². The van der Waals surface area contributed by atoms with Crippen molar-refractivity contribution >= 4 is 12.2 Å². The van der Waals surface area contributed by atoms with Crippen molar-refractivity contribution in [3.05, 3.63) is 0 Å². The van der Waals surface area contributed by atoms with Crippen molar-refractivity contribution in [2.75, 3.05) is 0 Å². The van der Waals surface area contributed by atoms with Crippen molar-refractivity contribution in [2.24, 2.45) is 0 Å². The van der Waals surface area contributed by atoms with Crippen molar-refractivity contribution < 1.29 is 19.8 Å². The maximum absolute atomic E-state index is 10.6. The molecule has 3 N–H and O–H groups in total. The Morgan fingerprint density at radius 3 is 2.38 bits per heavy atom. The summed E-state index contributed by atoms with van der Waals surface area (Å²) >= 11 is 0. The van der Waals surface area contributed by atoms with E-state index in [1.807, 2.05) is 0 Å². The molecule has 5 heteroatoms. The zero-order valence-electron chi connectivity index (χ0n) is 7.73. The molecule has 0 saturated carbocycles. The molecule has 5 nitrogen and oxygen atoms in total. The molecular weight excluding hydrogens is 174 g/mol. The Morgan fingerprint density at radius 1 is 1.54 bits per heavy atom. The van der Waals surface area contributed by atoms with E-state index in [-0.39, 0.29) is 12.3 Å². The topological polar surface area (TPSA) is 86.6 Å². The van der Waals surface area contributed by atoms with Crippen molar-refractivity contribution in [3.8, 4) is 0 Å². The van der Waals surface area contributed by atoms with Crippen LogP contribution in [-0.4, -0.2) is 40.7 Å². The molecule has 0 aromatic rings. The average molecular weight is 189 g/mol. The van der Waals surface area contributed by atoms with E-state index in [2.05, 4.69) is 5.32 Å². The van der Waals surface area contributed by atoms with Crippen LogP contribution in [-0.2, 0) is 9.59 Å². The summed E-state index contributed by atoms with van der Waals surface area (Å²) in [6.45, 7) is 2.68. The van der Waals surface area contributed by atoms with Crippen LogP contribution >= 0.6 is 0 Å². The first-order valence-electron chi connectivity index (χ1n) is 4.06. The molecule has 0 spiro atoms. The lowest BCUT2D eigenvalue weighted by atomic mass is 10.0. The maximum atomic E-state index is 10.6. The zero-order valence-corrected chi connectivity index (χ0v) is 7.73. The molecule has 0 fully saturated rings. The number of aliphatic hydroxyl groups is 2. The van der Waals surface area contributed by atoms with E-state index >= 15 is 0 Å². The van der Waals surface area contributed by atoms with Gasteiger partial charge in [0.05, 0.1) is 12.1 Å². The highest BCUT2D eigenvalue weighted by Crippen LogP contribution is 2.02. The molecule has 0 aromatic carbocycles. The van der Waals surface area contributed by atoms with Gasteiger partial charge in [0.25, 0.3) is 0 Å². The molecule has 0 radical (unpaired) electrons. The van der Waals surface area contributed by atoms with Gasteiger partial charge in [-0.3, -0.25) is 4.79 Å². The molecule has 0 saturated heterocycles. The minimum absolute atomic E-state index is 0.00829. The minimum Gasteiger partial charge on any atom is -0.391 e. The van der Waals surface area contributed by atoms with Crippen molar-refractivity contribution in [2.45, 2.75) is 38.5 Å². The van der Waals surface area contributed by atoms with Crippen LogP contribution in [0.2, 0.25) is 0 Å². The fourth-order valence-corrected chi connectivity index (χ4v) is 0.985. The molecule has 76 valence electrons. The number of amides is 1. The lowest BCUT2D eigenvalue weighted by Gasteiger charge is -2.23. The number of carbonyl (C=O) groups is 2. The van der Waals surface area contributed by atoms with Gasteiger partial charge in [-0.25, -0.2) is 0 Å². The van der Waals surface area contributed by atoms with Crippen molar-refractivity contribution in [3.63, 3.8) is 0 Å². The predicted molar refractivity (Wildman–Crippen MR) is 46.0 cm³/mol. The highest BCUT2D eigenvalue weighted by atomic mass is 16.3. The average Bonchev–Trinajstić information content (AvgIpc) is 2.01. The summed E-state index contributed by atoms with van der Waals surface area (Å²) in [6, 6.07) is -0.713. The summed E-state index contributed by atoms with van der Waals surface area (Å²) in [6.07, 6.45) is -1.51. The summed E-state index contributed by atoms with van der Waals surface area (Å²) in [5.41, 5.74) is 0. The number of aldehydes is 1. The largest absolute Gasteiger partial charge is 0.391 e. The summed E-state index contributed by atoms with van der Waals surface area (Å²) in [7, 11) is 0. The molecule has 0 unspecified atom stereocenters. The summed E-state index contributed by atoms with van der Waals surface area (Å²) < 4.78 is 0. The Hall–Kier alpha value is -0.940. The number of hydrogen-bond donors (Lipinski definition) is 3. The quantitative estimate of drug-likeness (QED) is 0.475. The molecule has 0 aromatic heterocycles. The van der Waals surface area contributed by atoms with Gasteiger partial charge in [-0.15, -0.1) is 0 Å². The van der Waals surface area contributed by atoms with Crippen LogP contribution in [0.15, 0.2) is 0 Å². The summed E-state index contributed by atoms with van der Waals surface area (Å²) in [5.74, 6) is -0.341. The van der Waals surface area contributed by atoms with E-state index in [1.54, 1.807) is 0 Å². The Morgan fingerprint density at radius 2 is 2.08 bits per heavy atom. The maximum Gasteiger partial charge on any atom is 0.217 e. The smallest absolute Gasteiger partial charge is 0.217 e. The van der Waals surface area contributed by atoms with Gasteiger partial charge < -0.3 is 20.3 Å². The molecule has 3 atom stereocenters. The van der Waals surface area contributed by atoms with Gasteiger partial charge in [-0.1, -0.05) is 0 Å². The van der Waals surface area contributed by atoms with Crippen LogP contribution in [0.25, 0.3) is 0 Å². The zero-order chi connectivity index (χ0) is 10.4. The van der Waals surface area contributed by atoms with Gasteiger partial charge in [0, 0.05) is 13.3 Å². The second-order valence-electron chi connectivity index (χ2n) is 2.94. The fourth-order valence-electron chi connectivity index (χ4n) is 0.985. The minimum atomic E-state index is -1.12. The molecular formula is C8H15NO4. The molecule has 13 heavy (non-hydrogen) atoms. The monoisotopic (exact) mass is 189 g/mol. The fraction of sp³-hybridized carbons (Fsp3) is 0.750. The van der Waals surface area contributed by atoms with Crippen LogP contribution in [0.4, 0.5) is 0 Å². The molecule has 1 amide bonds. The number of aliphatic hydroxyl groups excluding tert-OH is 2. The van der Waals surface area contributed by atoms with E-state index in [0.717, 1.165) is 0 Å². The number of hydrogen-bond acceptors (Lipinski definition) is 4. The first-order chi connectivity index (χ1) is 5.99. The summed E-state index contributed by atoms with van der Waals surface area (Å²) in [4.78, 5) is 20.8. The van der Waals surface area contributed by atoms with Gasteiger partial charge in [-0.05, 0) is 6.92 Å². The molecule has 0 aliphatic rings. The molecule has 0 heterocycles. The van der Waals surface area contributed by atoms with Gasteiger partial charge >= 0.3 is 0 Å². The van der Waals surface area contributed by atoms with Gasteiger partial charge in [0.15, 0.2) is 0 Å². The lowest BCUT2D eigenvalue weighted by molar-refractivity contribution is -0.121. The Labute approximate surface area is 76.8 Å². The first-order valence-corrected chi connectivity index (χ1v) is 4.06. The lowest BCUT2D eigenvalue weighted by Crippen LogP contribution is -2.47. The second kappa shape index (κ2) is 5.66. The number of rotatable bonds is 5. The number of carbonyl (C=O) groups excluding carboxylic acids is 2. The highest BCUT2D eigenvalue weighted by Gasteiger charge is 2.23. The van der Waals surface area contributed by atoms with Crippen LogP contribution in [0.1, 0.15) is 20.3 Å². The van der Waals surface area contributed by atoms with E-state index < -0.39 is 18.2 Å². The Balaban J connectivity index is 4.21. The van der Waals surface area contributed by atoms with Crippen LogP contribution in [0.5, 0.6) is 0 Å². The summed E-state index contributed by atoms with van der Waals surface area (Å²) in [5, 5.41) is 20.7. The normalized spacial score (nSPS) is 17.2. The highest BCUT2D eigenvalue weighted by molar-refractivity contribution is 5.73. The van der Waals surface area contributed by atoms with E-state index in [4.69, 9.17) is 5.11 Å². The Kier molecular flexibility index (Phi) is 5.25. The standard InChI is InChI=1S/C8H15NO4/c1-5(11)8(13)7(3-4-10)9-6(2)12/h4-5,7-8,11,13H,3H2,1-2H3,(H,9,12)/t5-,7-,8+/m1/s1. The molecule has 0 bridgehead atoms. The molecule has 0 aliphatic heterocycles. The number of nitrogens with one attached hydrogen (secondary N) is 1. The Bertz CT molecular complexity index is 181. The molecule has 0 aliphatic carbocycles. The van der Waals surface area contributed by atoms with Crippen molar-refractivity contribution in [1.82, 2.24) is 5.32 Å². The van der Waals surface area contributed by atoms with Gasteiger partial charge in [0.1, 0.15) is 12.4 Å². The van der Waals surface area contributed by atoms with Crippen molar-refractivity contribution in [1.29, 1.82) is 0 Å². The van der Waals surface area contributed by atoms with Crippen LogP contribution < -0.4 is 5.32 Å². The SMILES string of the molecule is CC(=O)N[C@H](CC=O)[C@@H](O)[C@@H](C)O. The predicted octanol–water partition coefficient (Wildman–Crippen LogP) is -1.18. The van der Waals surface area contributed by atoms with Crippen LogP contribution in [0.3, 0.4) is 0 Å². The van der Waals surface area contributed by atoms with Gasteiger partial charge in [-0.2, -0.15) is 0 Å². The third-order valence-corrected chi connectivity index (χ3v) is 1.65.